The van der Waals surface area contributed by atoms with Crippen LogP contribution in [0.15, 0.2) is 40.6 Å². The van der Waals surface area contributed by atoms with E-state index in [1.165, 1.54) is 16.2 Å². The molecular formula is C24H20N2O4S3. The third-order valence-corrected chi connectivity index (χ3v) is 8.19. The molecule has 6 nitrogen and oxygen atoms in total. The monoisotopic (exact) mass is 496 g/mol. The van der Waals surface area contributed by atoms with Gasteiger partial charge in [0.05, 0.1) is 21.7 Å². The molecule has 2 amide bonds. The van der Waals surface area contributed by atoms with Crippen molar-refractivity contribution in [3.8, 4) is 5.75 Å². The maximum Gasteiger partial charge on any atom is 0.353 e. The van der Waals surface area contributed by atoms with E-state index in [0.717, 1.165) is 28.6 Å². The number of carbonyl (C=O) groups is 3. The topological polar surface area (TPSA) is 66.9 Å². The molecule has 0 atom stereocenters. The summed E-state index contributed by atoms with van der Waals surface area (Å²) in [5.74, 6) is -0.658. The predicted molar refractivity (Wildman–Crippen MR) is 135 cm³/mol. The molecular weight excluding hydrogens is 476 g/mol. The minimum absolute atomic E-state index is 0.252. The lowest BCUT2D eigenvalue weighted by molar-refractivity contribution is -0.122. The number of thioether (sulfide) groups is 1. The zero-order chi connectivity index (χ0) is 23.7. The van der Waals surface area contributed by atoms with Gasteiger partial charge in [0.2, 0.25) is 0 Å². The summed E-state index contributed by atoms with van der Waals surface area (Å²) in [4.78, 5) is 43.5. The number of carbonyl (C=O) groups excluding carboxylic acids is 3. The van der Waals surface area contributed by atoms with Crippen LogP contribution in [0, 0.1) is 0 Å². The molecule has 1 saturated heterocycles. The number of thiophene rings is 1. The number of benzene rings is 1. The maximum atomic E-state index is 13.8. The molecule has 0 aliphatic carbocycles. The van der Waals surface area contributed by atoms with Gasteiger partial charge in [-0.2, -0.15) is 0 Å². The quantitative estimate of drug-likeness (QED) is 0.255. The van der Waals surface area contributed by atoms with Gasteiger partial charge in [0, 0.05) is 17.7 Å². The van der Waals surface area contributed by atoms with E-state index < -0.39 is 11.5 Å². The van der Waals surface area contributed by atoms with Gasteiger partial charge in [0.15, 0.2) is 0 Å². The molecule has 4 heterocycles. The van der Waals surface area contributed by atoms with Crippen molar-refractivity contribution in [2.75, 3.05) is 11.4 Å². The number of ether oxygens (including phenoxy) is 1. The zero-order valence-corrected chi connectivity index (χ0v) is 20.9. The summed E-state index contributed by atoms with van der Waals surface area (Å²) < 4.78 is 6.12. The molecule has 0 radical (unpaired) electrons. The number of amides is 2. The molecule has 2 aromatic rings. The van der Waals surface area contributed by atoms with Crippen molar-refractivity contribution in [3.63, 3.8) is 0 Å². The Labute approximate surface area is 204 Å². The summed E-state index contributed by atoms with van der Waals surface area (Å²) in [5, 5.41) is 1.81. The standard InChI is InChI=1S/C24H20N2O4S3/c1-5-25-21(28)19(33-23(25)31)17-15-10-13(30-22(29)16-7-6-8-32-16)9-14-12(2)11-24(3,4)26(18(14)15)20(17)27/h6-11H,5H2,1-4H3/b19-17+. The van der Waals surface area contributed by atoms with Crippen LogP contribution in [0.3, 0.4) is 0 Å². The van der Waals surface area contributed by atoms with E-state index in [9.17, 15) is 14.4 Å². The molecule has 0 saturated carbocycles. The van der Waals surface area contributed by atoms with Crippen LogP contribution in [0.25, 0.3) is 11.1 Å². The van der Waals surface area contributed by atoms with E-state index in [1.54, 1.807) is 29.2 Å². The molecule has 1 fully saturated rings. The minimum Gasteiger partial charge on any atom is -0.422 e. The molecule has 33 heavy (non-hydrogen) atoms. The fourth-order valence-corrected chi connectivity index (χ4v) is 6.60. The number of nitrogens with zero attached hydrogens (tertiary/aromatic N) is 2. The number of allylic oxidation sites excluding steroid dienone is 1. The first-order valence-corrected chi connectivity index (χ1v) is 12.5. The van der Waals surface area contributed by atoms with Gasteiger partial charge < -0.3 is 4.74 Å². The van der Waals surface area contributed by atoms with Crippen molar-refractivity contribution in [2.24, 2.45) is 0 Å². The highest BCUT2D eigenvalue weighted by Crippen LogP contribution is 2.53. The first-order chi connectivity index (χ1) is 15.6. The second kappa shape index (κ2) is 7.65. The van der Waals surface area contributed by atoms with Crippen LogP contribution in [0.1, 0.15) is 48.5 Å². The van der Waals surface area contributed by atoms with Crippen LogP contribution in [0.2, 0.25) is 0 Å². The van der Waals surface area contributed by atoms with Crippen molar-refractivity contribution < 1.29 is 19.1 Å². The number of anilines is 1. The van der Waals surface area contributed by atoms with Crippen LogP contribution in [-0.2, 0) is 9.59 Å². The second-order valence-corrected chi connectivity index (χ2v) is 11.1. The van der Waals surface area contributed by atoms with E-state index in [2.05, 4.69) is 0 Å². The SMILES string of the molecule is CCN1C(=O)/C(=C2\C(=O)N3c4c(cc(OC(=O)c5cccs5)cc42)C(C)=CC3(C)C)SC1=S. The van der Waals surface area contributed by atoms with E-state index in [-0.39, 0.29) is 11.8 Å². The smallest absolute Gasteiger partial charge is 0.353 e. The van der Waals surface area contributed by atoms with E-state index >= 15 is 0 Å². The van der Waals surface area contributed by atoms with Crippen LogP contribution < -0.4 is 9.64 Å². The van der Waals surface area contributed by atoms with Crippen molar-refractivity contribution >= 4 is 74.3 Å². The fraction of sp³-hybridized carbons (Fsp3) is 0.250. The van der Waals surface area contributed by atoms with Gasteiger partial charge in [-0.3, -0.25) is 19.4 Å². The average molecular weight is 497 g/mol. The summed E-state index contributed by atoms with van der Waals surface area (Å²) >= 11 is 7.83. The molecule has 0 bridgehead atoms. The molecule has 1 aromatic carbocycles. The summed E-state index contributed by atoms with van der Waals surface area (Å²) in [6.45, 7) is 8.18. The van der Waals surface area contributed by atoms with Gasteiger partial charge in [-0.05, 0) is 56.8 Å². The molecule has 0 unspecified atom stereocenters. The lowest BCUT2D eigenvalue weighted by Crippen LogP contribution is -2.46. The van der Waals surface area contributed by atoms with Crippen molar-refractivity contribution in [1.29, 1.82) is 0 Å². The Bertz CT molecular complexity index is 1320. The van der Waals surface area contributed by atoms with Crippen LogP contribution >= 0.6 is 35.3 Å². The molecule has 9 heteroatoms. The normalized spacial score (nSPS) is 21.0. The van der Waals surface area contributed by atoms with Crippen molar-refractivity contribution in [1.82, 2.24) is 4.90 Å². The van der Waals surface area contributed by atoms with Gasteiger partial charge in [-0.15, -0.1) is 11.3 Å². The Morgan fingerprint density at radius 1 is 1.18 bits per heavy atom. The second-order valence-electron chi connectivity index (χ2n) is 8.48. The fourth-order valence-electron chi connectivity index (χ4n) is 4.54. The van der Waals surface area contributed by atoms with Crippen LogP contribution in [-0.4, -0.2) is 39.1 Å². The first kappa shape index (κ1) is 22.1. The van der Waals surface area contributed by atoms with Gasteiger partial charge in [0.25, 0.3) is 11.8 Å². The Kier molecular flexibility index (Phi) is 5.11. The van der Waals surface area contributed by atoms with E-state index in [4.69, 9.17) is 17.0 Å². The number of hydrogen-bond acceptors (Lipinski definition) is 7. The molecule has 0 N–H and O–H groups in total. The van der Waals surface area contributed by atoms with E-state index in [1.807, 2.05) is 39.2 Å². The predicted octanol–water partition coefficient (Wildman–Crippen LogP) is 5.10. The molecule has 168 valence electrons. The van der Waals surface area contributed by atoms with Crippen LogP contribution in [0.5, 0.6) is 5.75 Å². The molecule has 3 aliphatic heterocycles. The number of esters is 1. The van der Waals surface area contributed by atoms with Crippen molar-refractivity contribution in [2.45, 2.75) is 33.2 Å². The third kappa shape index (κ3) is 3.29. The summed E-state index contributed by atoms with van der Waals surface area (Å²) in [7, 11) is 0. The summed E-state index contributed by atoms with van der Waals surface area (Å²) in [6, 6.07) is 6.95. The molecule has 0 spiro atoms. The molecule has 1 aromatic heterocycles. The van der Waals surface area contributed by atoms with Gasteiger partial charge in [0.1, 0.15) is 14.9 Å². The van der Waals surface area contributed by atoms with Crippen LogP contribution in [0.4, 0.5) is 5.69 Å². The highest BCUT2D eigenvalue weighted by molar-refractivity contribution is 8.26. The lowest BCUT2D eigenvalue weighted by atomic mass is 9.89. The molecule has 5 rings (SSSR count). The van der Waals surface area contributed by atoms with Gasteiger partial charge >= 0.3 is 5.97 Å². The maximum absolute atomic E-state index is 13.8. The van der Waals surface area contributed by atoms with Gasteiger partial charge in [-0.25, -0.2) is 4.79 Å². The number of likely N-dealkylation sites (N-methyl/N-ethyl adjacent to an activating group) is 1. The highest BCUT2D eigenvalue weighted by atomic mass is 32.2. The van der Waals surface area contributed by atoms with Gasteiger partial charge in [-0.1, -0.05) is 36.1 Å². The minimum atomic E-state index is -0.586. The average Bonchev–Trinajstić information content (AvgIpc) is 3.43. The Hall–Kier alpha value is -2.75. The highest BCUT2D eigenvalue weighted by Gasteiger charge is 2.48. The van der Waals surface area contributed by atoms with E-state index in [0.29, 0.717) is 37.5 Å². The molecule has 3 aliphatic rings. The summed E-state index contributed by atoms with van der Waals surface area (Å²) in [5.41, 5.74) is 2.82. The number of rotatable bonds is 3. The zero-order valence-electron chi connectivity index (χ0n) is 18.4. The Morgan fingerprint density at radius 3 is 2.55 bits per heavy atom. The largest absolute Gasteiger partial charge is 0.422 e. The summed E-state index contributed by atoms with van der Waals surface area (Å²) in [6.07, 6.45) is 2.02. The Morgan fingerprint density at radius 2 is 1.91 bits per heavy atom. The first-order valence-electron chi connectivity index (χ1n) is 10.4. The lowest BCUT2D eigenvalue weighted by Gasteiger charge is -2.38. The third-order valence-electron chi connectivity index (χ3n) is 5.89. The Balaban J connectivity index is 1.72. The number of thiocarbonyl (C=S) groups is 1. The van der Waals surface area contributed by atoms with Crippen molar-refractivity contribution in [3.05, 3.63) is 56.6 Å². The number of hydrogen-bond donors (Lipinski definition) is 0.